The highest BCUT2D eigenvalue weighted by Crippen LogP contribution is 2.25. The Kier molecular flexibility index (Phi) is 4.59. The summed E-state index contributed by atoms with van der Waals surface area (Å²) in [7, 11) is 0. The number of hydrogen-bond acceptors (Lipinski definition) is 5. The fraction of sp³-hybridized carbons (Fsp3) is 0.625. The third kappa shape index (κ3) is 3.23. The van der Waals surface area contributed by atoms with Crippen molar-refractivity contribution in [1.29, 1.82) is 0 Å². The maximum atomic E-state index is 10.7. The third-order valence-electron chi connectivity index (χ3n) is 4.96. The van der Waals surface area contributed by atoms with Gasteiger partial charge in [0.1, 0.15) is 0 Å². The van der Waals surface area contributed by atoms with Crippen molar-refractivity contribution in [2.45, 2.75) is 19.4 Å². The number of likely N-dealkylation sites (N-methyl/N-ethyl adjacent to an activating group) is 1. The van der Waals surface area contributed by atoms with Crippen molar-refractivity contribution in [2.75, 3.05) is 50.7 Å². The lowest BCUT2D eigenvalue weighted by Crippen LogP contribution is -2.50. The van der Waals surface area contributed by atoms with Crippen LogP contribution in [0.3, 0.4) is 0 Å². The molecule has 0 radical (unpaired) electrons. The molecule has 1 aromatic carbocycles. The van der Waals surface area contributed by atoms with Crippen LogP contribution in [0.25, 0.3) is 0 Å². The largest absolute Gasteiger partial charge is 0.370 e. The summed E-state index contributed by atoms with van der Waals surface area (Å²) in [5.74, 6) is 0. The van der Waals surface area contributed by atoms with Gasteiger partial charge in [0.15, 0.2) is 0 Å². The highest BCUT2D eigenvalue weighted by molar-refractivity contribution is 5.51. The Balaban J connectivity index is 1.57. The van der Waals surface area contributed by atoms with Gasteiger partial charge in [0.25, 0.3) is 5.69 Å². The predicted octanol–water partition coefficient (Wildman–Crippen LogP) is 1.81. The molecule has 22 heavy (non-hydrogen) atoms. The number of nitro groups is 1. The molecule has 6 heteroatoms. The van der Waals surface area contributed by atoms with Gasteiger partial charge in [0, 0.05) is 63.1 Å². The zero-order valence-electron chi connectivity index (χ0n) is 13.1. The molecule has 0 bridgehead atoms. The van der Waals surface area contributed by atoms with E-state index in [1.54, 1.807) is 12.1 Å². The standard InChI is InChI=1S/C16H24N4O2/c1-2-17-9-11-18(12-10-17)16-7-8-19(13-16)14-3-5-15(6-4-14)20(21)22/h3-6,16H,2,7-13H2,1H3. The molecule has 2 heterocycles. The molecule has 1 atom stereocenters. The second kappa shape index (κ2) is 6.62. The molecule has 0 spiro atoms. The van der Waals surface area contributed by atoms with Gasteiger partial charge in [0.05, 0.1) is 4.92 Å². The molecule has 6 nitrogen and oxygen atoms in total. The zero-order valence-corrected chi connectivity index (χ0v) is 13.1. The van der Waals surface area contributed by atoms with E-state index in [0.717, 1.165) is 38.4 Å². The fourth-order valence-electron chi connectivity index (χ4n) is 3.50. The summed E-state index contributed by atoms with van der Waals surface area (Å²) < 4.78 is 0. The van der Waals surface area contributed by atoms with Gasteiger partial charge in [-0.2, -0.15) is 0 Å². The second-order valence-corrected chi connectivity index (χ2v) is 6.13. The highest BCUT2D eigenvalue weighted by Gasteiger charge is 2.29. The summed E-state index contributed by atoms with van der Waals surface area (Å²) in [6.07, 6.45) is 1.18. The fourth-order valence-corrected chi connectivity index (χ4v) is 3.50. The molecule has 2 saturated heterocycles. The van der Waals surface area contributed by atoms with E-state index in [-0.39, 0.29) is 10.6 Å². The Morgan fingerprint density at radius 3 is 2.41 bits per heavy atom. The van der Waals surface area contributed by atoms with Gasteiger partial charge in [-0.05, 0) is 25.1 Å². The Morgan fingerprint density at radius 2 is 1.82 bits per heavy atom. The van der Waals surface area contributed by atoms with E-state index >= 15 is 0 Å². The van der Waals surface area contributed by atoms with E-state index in [9.17, 15) is 10.1 Å². The van der Waals surface area contributed by atoms with E-state index in [2.05, 4.69) is 21.6 Å². The molecule has 0 N–H and O–H groups in total. The lowest BCUT2D eigenvalue weighted by Gasteiger charge is -2.37. The molecule has 0 saturated carbocycles. The predicted molar refractivity (Wildman–Crippen MR) is 87.4 cm³/mol. The molecular weight excluding hydrogens is 280 g/mol. The molecule has 2 aliphatic heterocycles. The minimum absolute atomic E-state index is 0.162. The lowest BCUT2D eigenvalue weighted by molar-refractivity contribution is -0.384. The maximum Gasteiger partial charge on any atom is 0.269 e. The van der Waals surface area contributed by atoms with Crippen molar-refractivity contribution in [1.82, 2.24) is 9.80 Å². The topological polar surface area (TPSA) is 52.9 Å². The number of anilines is 1. The van der Waals surface area contributed by atoms with Gasteiger partial charge in [-0.15, -0.1) is 0 Å². The average molecular weight is 304 g/mol. The van der Waals surface area contributed by atoms with Gasteiger partial charge >= 0.3 is 0 Å². The average Bonchev–Trinajstić information content (AvgIpc) is 3.05. The Hall–Kier alpha value is -1.66. The second-order valence-electron chi connectivity index (χ2n) is 6.13. The summed E-state index contributed by atoms with van der Waals surface area (Å²) in [5.41, 5.74) is 1.26. The van der Waals surface area contributed by atoms with Gasteiger partial charge in [-0.1, -0.05) is 6.92 Å². The van der Waals surface area contributed by atoms with Crippen LogP contribution in [0.2, 0.25) is 0 Å². The van der Waals surface area contributed by atoms with E-state index < -0.39 is 0 Å². The van der Waals surface area contributed by atoms with E-state index in [1.165, 1.54) is 19.5 Å². The van der Waals surface area contributed by atoms with Crippen LogP contribution in [0, 0.1) is 10.1 Å². The van der Waals surface area contributed by atoms with Crippen LogP contribution in [-0.2, 0) is 0 Å². The monoisotopic (exact) mass is 304 g/mol. The molecule has 0 amide bonds. The summed E-state index contributed by atoms with van der Waals surface area (Å²) in [5, 5.41) is 10.7. The number of nitrogens with zero attached hydrogens (tertiary/aromatic N) is 4. The van der Waals surface area contributed by atoms with Crippen LogP contribution in [-0.4, -0.2) is 66.6 Å². The summed E-state index contributed by atoms with van der Waals surface area (Å²) in [6, 6.07) is 7.56. The summed E-state index contributed by atoms with van der Waals surface area (Å²) >= 11 is 0. The Bertz CT molecular complexity index is 511. The van der Waals surface area contributed by atoms with Crippen molar-refractivity contribution in [3.8, 4) is 0 Å². The van der Waals surface area contributed by atoms with E-state index in [4.69, 9.17) is 0 Å². The van der Waals surface area contributed by atoms with Crippen LogP contribution >= 0.6 is 0 Å². The number of piperazine rings is 1. The SMILES string of the molecule is CCN1CCN(C2CCN(c3ccc([N+](=O)[O-])cc3)C2)CC1. The van der Waals surface area contributed by atoms with Crippen LogP contribution in [0.1, 0.15) is 13.3 Å². The molecule has 2 aliphatic rings. The first-order valence-corrected chi connectivity index (χ1v) is 8.13. The molecule has 0 aliphatic carbocycles. The van der Waals surface area contributed by atoms with Crippen LogP contribution < -0.4 is 4.90 Å². The van der Waals surface area contributed by atoms with Crippen LogP contribution in [0.4, 0.5) is 11.4 Å². The number of rotatable bonds is 4. The third-order valence-corrected chi connectivity index (χ3v) is 4.96. The first kappa shape index (κ1) is 15.2. The van der Waals surface area contributed by atoms with Crippen molar-refractivity contribution in [3.05, 3.63) is 34.4 Å². The normalized spacial score (nSPS) is 23.9. The van der Waals surface area contributed by atoms with E-state index in [0.29, 0.717) is 6.04 Å². The lowest BCUT2D eigenvalue weighted by atomic mass is 10.2. The minimum atomic E-state index is -0.343. The molecule has 1 aromatic rings. The molecule has 0 aromatic heterocycles. The molecule has 2 fully saturated rings. The Morgan fingerprint density at radius 1 is 1.14 bits per heavy atom. The van der Waals surface area contributed by atoms with Gasteiger partial charge in [0.2, 0.25) is 0 Å². The van der Waals surface area contributed by atoms with Crippen LogP contribution in [0.15, 0.2) is 24.3 Å². The number of benzene rings is 1. The number of non-ortho nitro benzene ring substituents is 1. The first-order valence-electron chi connectivity index (χ1n) is 8.13. The maximum absolute atomic E-state index is 10.7. The van der Waals surface area contributed by atoms with Crippen molar-refractivity contribution < 1.29 is 4.92 Å². The molecule has 1 unspecified atom stereocenters. The molecule has 120 valence electrons. The number of nitro benzene ring substituents is 1. The van der Waals surface area contributed by atoms with Crippen molar-refractivity contribution >= 4 is 11.4 Å². The quantitative estimate of drug-likeness (QED) is 0.627. The van der Waals surface area contributed by atoms with Crippen molar-refractivity contribution in [3.63, 3.8) is 0 Å². The minimum Gasteiger partial charge on any atom is -0.370 e. The smallest absolute Gasteiger partial charge is 0.269 e. The van der Waals surface area contributed by atoms with Gasteiger partial charge < -0.3 is 9.80 Å². The zero-order chi connectivity index (χ0) is 15.5. The number of hydrogen-bond donors (Lipinski definition) is 0. The van der Waals surface area contributed by atoms with Gasteiger partial charge in [-0.25, -0.2) is 0 Å². The van der Waals surface area contributed by atoms with Crippen LogP contribution in [0.5, 0.6) is 0 Å². The molecular formula is C16H24N4O2. The molecule has 3 rings (SSSR count). The van der Waals surface area contributed by atoms with E-state index in [1.807, 2.05) is 12.1 Å². The van der Waals surface area contributed by atoms with Crippen molar-refractivity contribution in [2.24, 2.45) is 0 Å². The first-order chi connectivity index (χ1) is 10.7. The highest BCUT2D eigenvalue weighted by atomic mass is 16.6. The van der Waals surface area contributed by atoms with Gasteiger partial charge in [-0.3, -0.25) is 15.0 Å². The summed E-state index contributed by atoms with van der Waals surface area (Å²) in [6.45, 7) is 10.1. The Labute approximate surface area is 131 Å². The summed E-state index contributed by atoms with van der Waals surface area (Å²) in [4.78, 5) is 17.8.